The number of rotatable bonds is 4. The first-order valence-corrected chi connectivity index (χ1v) is 9.47. The van der Waals surface area contributed by atoms with Crippen molar-refractivity contribution in [2.45, 2.75) is 25.5 Å². The van der Waals surface area contributed by atoms with Crippen molar-refractivity contribution in [1.29, 1.82) is 0 Å². The van der Waals surface area contributed by atoms with Crippen molar-refractivity contribution in [3.63, 3.8) is 0 Å². The summed E-state index contributed by atoms with van der Waals surface area (Å²) in [4.78, 5) is 50.2. The highest BCUT2D eigenvalue weighted by atomic mass is 79.9. The monoisotopic (exact) mass is 442 g/mol. The Morgan fingerprint density at radius 2 is 1.86 bits per heavy atom. The van der Waals surface area contributed by atoms with Gasteiger partial charge in [0.15, 0.2) is 0 Å². The Hall–Kier alpha value is -3.00. The van der Waals surface area contributed by atoms with E-state index in [1.54, 1.807) is 12.1 Å². The Labute approximate surface area is 168 Å². The van der Waals surface area contributed by atoms with E-state index < -0.39 is 29.7 Å². The predicted octanol–water partition coefficient (Wildman–Crippen LogP) is 2.43. The van der Waals surface area contributed by atoms with Crippen LogP contribution >= 0.6 is 15.9 Å². The van der Waals surface area contributed by atoms with Crippen LogP contribution in [-0.4, -0.2) is 34.6 Å². The SMILES string of the molecule is O=C1CCC(N2C(=O)c3cccc(OCc4cccc(Br)c4)c3C2=O)C(=O)N1. The van der Waals surface area contributed by atoms with Crippen LogP contribution in [0.5, 0.6) is 5.75 Å². The zero-order valence-corrected chi connectivity index (χ0v) is 16.2. The van der Waals surface area contributed by atoms with Gasteiger partial charge in [0, 0.05) is 10.9 Å². The number of amides is 4. The number of imide groups is 2. The van der Waals surface area contributed by atoms with E-state index in [-0.39, 0.29) is 36.3 Å². The fourth-order valence-electron chi connectivity index (χ4n) is 3.39. The maximum atomic E-state index is 13.0. The topological polar surface area (TPSA) is 92.8 Å². The maximum Gasteiger partial charge on any atom is 0.266 e. The molecule has 142 valence electrons. The number of piperidine rings is 1. The number of nitrogens with one attached hydrogen (secondary N) is 1. The summed E-state index contributed by atoms with van der Waals surface area (Å²) in [6.45, 7) is 0.218. The van der Waals surface area contributed by atoms with Crippen molar-refractivity contribution in [3.8, 4) is 5.75 Å². The van der Waals surface area contributed by atoms with Crippen molar-refractivity contribution in [2.75, 3.05) is 0 Å². The van der Waals surface area contributed by atoms with E-state index in [1.807, 2.05) is 24.3 Å². The molecule has 0 spiro atoms. The zero-order valence-electron chi connectivity index (χ0n) is 14.6. The van der Waals surface area contributed by atoms with Gasteiger partial charge in [0.2, 0.25) is 11.8 Å². The first-order valence-electron chi connectivity index (χ1n) is 8.67. The van der Waals surface area contributed by atoms with Gasteiger partial charge in [0.25, 0.3) is 11.8 Å². The van der Waals surface area contributed by atoms with Crippen molar-refractivity contribution >= 4 is 39.6 Å². The molecule has 4 rings (SSSR count). The van der Waals surface area contributed by atoms with Gasteiger partial charge < -0.3 is 4.74 Å². The van der Waals surface area contributed by atoms with Gasteiger partial charge in [-0.05, 0) is 36.2 Å². The van der Waals surface area contributed by atoms with Crippen LogP contribution in [0.1, 0.15) is 39.1 Å². The average molecular weight is 443 g/mol. The molecule has 1 unspecified atom stereocenters. The normalized spacial score (nSPS) is 18.9. The van der Waals surface area contributed by atoms with Crippen LogP contribution < -0.4 is 10.1 Å². The highest BCUT2D eigenvalue weighted by Crippen LogP contribution is 2.34. The molecule has 1 N–H and O–H groups in total. The van der Waals surface area contributed by atoms with Gasteiger partial charge >= 0.3 is 0 Å². The molecule has 8 heteroatoms. The average Bonchev–Trinajstić information content (AvgIpc) is 2.92. The lowest BCUT2D eigenvalue weighted by atomic mass is 10.0. The highest BCUT2D eigenvalue weighted by molar-refractivity contribution is 9.10. The van der Waals surface area contributed by atoms with Crippen LogP contribution in [0.25, 0.3) is 0 Å². The smallest absolute Gasteiger partial charge is 0.266 e. The molecule has 2 aliphatic heterocycles. The van der Waals surface area contributed by atoms with Crippen molar-refractivity contribution in [2.24, 2.45) is 0 Å². The number of benzene rings is 2. The number of hydrogen-bond acceptors (Lipinski definition) is 5. The second-order valence-electron chi connectivity index (χ2n) is 6.54. The Morgan fingerprint density at radius 3 is 2.61 bits per heavy atom. The Morgan fingerprint density at radius 1 is 1.07 bits per heavy atom. The Balaban J connectivity index is 1.61. The summed E-state index contributed by atoms with van der Waals surface area (Å²) >= 11 is 3.39. The van der Waals surface area contributed by atoms with Gasteiger partial charge in [-0.2, -0.15) is 0 Å². The van der Waals surface area contributed by atoms with Crippen LogP contribution in [0.4, 0.5) is 0 Å². The predicted molar refractivity (Wildman–Crippen MR) is 102 cm³/mol. The van der Waals surface area contributed by atoms with E-state index in [1.165, 1.54) is 6.07 Å². The van der Waals surface area contributed by atoms with Gasteiger partial charge in [-0.1, -0.05) is 34.1 Å². The summed E-state index contributed by atoms with van der Waals surface area (Å²) < 4.78 is 6.72. The van der Waals surface area contributed by atoms with Gasteiger partial charge in [0.1, 0.15) is 18.4 Å². The molecular weight excluding hydrogens is 428 g/mol. The minimum Gasteiger partial charge on any atom is -0.488 e. The molecule has 0 radical (unpaired) electrons. The van der Waals surface area contributed by atoms with E-state index in [4.69, 9.17) is 4.74 Å². The number of nitrogens with zero attached hydrogens (tertiary/aromatic N) is 1. The fourth-order valence-corrected chi connectivity index (χ4v) is 3.84. The molecule has 2 aromatic carbocycles. The van der Waals surface area contributed by atoms with Gasteiger partial charge in [-0.3, -0.25) is 29.4 Å². The minimum absolute atomic E-state index is 0.0794. The second kappa shape index (κ2) is 7.20. The fraction of sp³-hybridized carbons (Fsp3) is 0.200. The lowest BCUT2D eigenvalue weighted by molar-refractivity contribution is -0.136. The van der Waals surface area contributed by atoms with E-state index >= 15 is 0 Å². The van der Waals surface area contributed by atoms with E-state index in [0.717, 1.165) is 14.9 Å². The summed E-state index contributed by atoms with van der Waals surface area (Å²) in [6, 6.07) is 11.3. The molecule has 0 saturated carbocycles. The standard InChI is InChI=1S/C20H15BrN2O5/c21-12-4-1-3-11(9-12)10-28-15-6-2-5-13-17(15)20(27)23(19(13)26)14-7-8-16(24)22-18(14)25/h1-6,9,14H,7-8,10H2,(H,22,24,25). The molecule has 1 saturated heterocycles. The summed E-state index contributed by atoms with van der Waals surface area (Å²) in [5.41, 5.74) is 1.24. The summed E-state index contributed by atoms with van der Waals surface area (Å²) in [5.74, 6) is -1.90. The van der Waals surface area contributed by atoms with Crippen molar-refractivity contribution < 1.29 is 23.9 Å². The Kier molecular flexibility index (Phi) is 4.72. The number of halogens is 1. The molecular formula is C20H15BrN2O5. The van der Waals surface area contributed by atoms with E-state index in [2.05, 4.69) is 21.2 Å². The quantitative estimate of drug-likeness (QED) is 0.733. The van der Waals surface area contributed by atoms with E-state index in [0.29, 0.717) is 0 Å². The van der Waals surface area contributed by atoms with Gasteiger partial charge in [-0.25, -0.2) is 0 Å². The minimum atomic E-state index is -0.997. The molecule has 2 aliphatic rings. The largest absolute Gasteiger partial charge is 0.488 e. The first-order chi connectivity index (χ1) is 13.5. The molecule has 0 bridgehead atoms. The highest BCUT2D eigenvalue weighted by Gasteiger charge is 2.45. The summed E-state index contributed by atoms with van der Waals surface area (Å²) in [5, 5.41) is 2.18. The third-order valence-corrected chi connectivity index (χ3v) is 5.21. The molecule has 2 heterocycles. The van der Waals surface area contributed by atoms with E-state index in [9.17, 15) is 19.2 Å². The number of carbonyl (C=O) groups is 4. The van der Waals surface area contributed by atoms with Crippen LogP contribution in [0.2, 0.25) is 0 Å². The summed E-state index contributed by atoms with van der Waals surface area (Å²) in [6.07, 6.45) is 0.195. The zero-order chi connectivity index (χ0) is 19.8. The molecule has 2 aromatic rings. The van der Waals surface area contributed by atoms with Gasteiger partial charge in [0.05, 0.1) is 11.1 Å². The summed E-state index contributed by atoms with van der Waals surface area (Å²) in [7, 11) is 0. The van der Waals surface area contributed by atoms with Crippen LogP contribution in [-0.2, 0) is 16.2 Å². The molecule has 4 amide bonds. The maximum absolute atomic E-state index is 13.0. The van der Waals surface area contributed by atoms with Crippen LogP contribution in [0, 0.1) is 0 Å². The first kappa shape index (κ1) is 18.4. The molecule has 7 nitrogen and oxygen atoms in total. The second-order valence-corrected chi connectivity index (χ2v) is 7.46. The number of hydrogen-bond donors (Lipinski definition) is 1. The molecule has 1 atom stereocenters. The number of carbonyl (C=O) groups excluding carboxylic acids is 4. The number of fused-ring (bicyclic) bond motifs is 1. The van der Waals surface area contributed by atoms with Crippen LogP contribution in [0.15, 0.2) is 46.9 Å². The lowest BCUT2D eigenvalue weighted by Crippen LogP contribution is -2.54. The molecule has 0 aliphatic carbocycles. The third kappa shape index (κ3) is 3.20. The van der Waals surface area contributed by atoms with Gasteiger partial charge in [-0.15, -0.1) is 0 Å². The number of ether oxygens (including phenoxy) is 1. The molecule has 0 aromatic heterocycles. The Bertz CT molecular complexity index is 1020. The molecule has 28 heavy (non-hydrogen) atoms. The third-order valence-electron chi connectivity index (χ3n) is 4.71. The van der Waals surface area contributed by atoms with Crippen molar-refractivity contribution in [3.05, 3.63) is 63.6 Å². The lowest BCUT2D eigenvalue weighted by Gasteiger charge is -2.27. The van der Waals surface area contributed by atoms with Crippen molar-refractivity contribution in [1.82, 2.24) is 10.2 Å². The van der Waals surface area contributed by atoms with Crippen LogP contribution in [0.3, 0.4) is 0 Å². The molecule has 1 fully saturated rings.